The van der Waals surface area contributed by atoms with Crippen LogP contribution >= 0.6 is 21.6 Å². The van der Waals surface area contributed by atoms with E-state index in [9.17, 15) is 87.9 Å². The Kier molecular flexibility index (Phi) is 25.2. The lowest BCUT2D eigenvalue weighted by Gasteiger charge is -2.41. The lowest BCUT2D eigenvalue weighted by atomic mass is 9.79. The summed E-state index contributed by atoms with van der Waals surface area (Å²) in [5.41, 5.74) is 13.3. The van der Waals surface area contributed by atoms with E-state index in [-0.39, 0.29) is 104 Å². The van der Waals surface area contributed by atoms with E-state index >= 15 is 0 Å². The fraction of sp³-hybridized carbons (Fsp3) is 0.364. The number of cyclic esters (lactones) is 1. The molecule has 1 unspecified atom stereocenters. The van der Waals surface area contributed by atoms with Crippen LogP contribution < -0.4 is 59.0 Å². The fourth-order valence-electron chi connectivity index (χ4n) is 11.7. The first-order valence-corrected chi connectivity index (χ1v) is 34.8. The molecule has 6 amide bonds. The van der Waals surface area contributed by atoms with Gasteiger partial charge in [0.1, 0.15) is 49.2 Å². The topological polar surface area (TPSA) is 581 Å². The van der Waals surface area contributed by atoms with E-state index in [0.29, 0.717) is 50.4 Å². The number of rotatable bonds is 34. The molecule has 0 bridgehead atoms. The number of nitrogens with two attached hydrogens (primary N) is 2. The number of carboxylic acids is 4. The molecule has 0 fully saturated rings. The molecule has 39 heteroatoms. The number of fused-ring (bicyclic) bond motifs is 5. The Balaban J connectivity index is 0.745. The van der Waals surface area contributed by atoms with Crippen LogP contribution in [0.2, 0.25) is 0 Å². The third kappa shape index (κ3) is 19.4. The van der Waals surface area contributed by atoms with E-state index in [4.69, 9.17) is 36.1 Å². The molecule has 0 aliphatic carbocycles. The number of aliphatic hydroxyl groups is 1. The quantitative estimate of drug-likeness (QED) is 0.00673. The molecule has 9 rings (SSSR count). The number of aliphatic carboxylic acids is 4. The molecule has 0 saturated carbocycles. The zero-order valence-electron chi connectivity index (χ0n) is 56.0. The van der Waals surface area contributed by atoms with Crippen LogP contribution in [0, 0.1) is 5.41 Å². The van der Waals surface area contributed by atoms with Crippen LogP contribution in [-0.2, 0) is 83.5 Å². The number of aromatic amines is 1. The third-order valence-corrected chi connectivity index (χ3v) is 19.5. The number of aryl methyl sites for hydroxylation is 1. The number of carbonyl (C=O) groups is 12. The molecule has 105 heavy (non-hydrogen) atoms. The number of aromatic nitrogens is 5. The van der Waals surface area contributed by atoms with Crippen molar-refractivity contribution < 1.29 is 97.3 Å². The van der Waals surface area contributed by atoms with Crippen molar-refractivity contribution in [2.24, 2.45) is 5.73 Å². The maximum Gasteiger partial charge on any atom is 0.514 e. The van der Waals surface area contributed by atoms with Crippen LogP contribution in [0.1, 0.15) is 110 Å². The molecule has 7 atom stereocenters. The van der Waals surface area contributed by atoms with Crippen molar-refractivity contribution in [1.82, 2.24) is 61.7 Å². The number of esters is 1. The number of ether oxygens (including phenoxy) is 3. The molecule has 3 aromatic heterocycles. The summed E-state index contributed by atoms with van der Waals surface area (Å²) < 4.78 is 16.2. The van der Waals surface area contributed by atoms with E-state index in [0.717, 1.165) is 32.7 Å². The second kappa shape index (κ2) is 34.3. The Morgan fingerprint density at radius 3 is 2.13 bits per heavy atom. The summed E-state index contributed by atoms with van der Waals surface area (Å²) in [6.45, 7) is 3.38. The number of hydrogen-bond donors (Lipinski definition) is 16. The molecule has 37 nitrogen and oxygen atoms in total. The van der Waals surface area contributed by atoms with Crippen molar-refractivity contribution in [3.05, 3.63) is 128 Å². The Labute approximate surface area is 602 Å². The summed E-state index contributed by atoms with van der Waals surface area (Å²) in [7, 11) is 2.06. The maximum atomic E-state index is 14.0. The lowest BCUT2D eigenvalue weighted by molar-refractivity contribution is -0.165. The standard InChI is InChI=1S/C66H72N16O21S2/c1-3-36-37-20-34(13-16-41(37)75-51-38(36)26-82-47(51)21-40-39(59(82)93)28-101-62(98)66(40,100)4-2)103-65(99)102-27-30-7-14-35(15-8-30)105-104-29-46(61(96)97)79-57(91)45(23-50(86)87)78-55(89)42(6-5-19-70-63(67)68)76-56(90)44(22-49(84)85)74-48(83)18-17-43(60(94)95)77-54(88)31-9-11-32(12-10-31)71-24-33-25-72-53-52(73-33)58(92)81-64(69)80-53/h7-16,20,25,42-47,71,100H,3-6,17-19,21-24,26-29H2,1-2H3,(H,74,83)(H,76,90)(H,77,88)(H,78,89)(H,79,91)(H,84,85)(H,86,87)(H,94,95)(H,96,97)(H4,67,68,70)(H3,69,72,80,81,92)/t42-,43-,44-,45-,46-,47?,66-/m0/s1. The number of nitrogen functional groups attached to an aromatic ring is 1. The van der Waals surface area contributed by atoms with Gasteiger partial charge in [-0.3, -0.25) is 58.5 Å². The van der Waals surface area contributed by atoms with Crippen LogP contribution in [0.4, 0.5) is 16.4 Å². The van der Waals surface area contributed by atoms with Crippen molar-refractivity contribution in [1.29, 1.82) is 5.41 Å². The SMILES string of the molecule is CCc1c2c(nc3ccc(OC(=O)OCc4ccc(SSC[C@H](NC(=O)[C@H](CC(=O)O)NC(=O)[C@H](CCCNC(=N)N)NC(=O)[C@H](CC(=O)O)NC(=O)CC[C@H](NC(=O)c5ccc(NCc6cnc7nc(N)[nH]c(=O)c7n6)cc5)C(=O)O)C(=O)O)cc4)cc13)C1CC3=C(COC(=O)[C@]3(O)CC)C(=O)N1C2. The summed E-state index contributed by atoms with van der Waals surface area (Å²) >= 11 is 0. The Hall–Kier alpha value is -12.0. The van der Waals surface area contributed by atoms with Gasteiger partial charge < -0.3 is 93.3 Å². The van der Waals surface area contributed by atoms with Gasteiger partial charge in [0, 0.05) is 46.8 Å². The molecular formula is C66H72N16O21S2. The largest absolute Gasteiger partial charge is 0.514 e. The third-order valence-electron chi connectivity index (χ3n) is 17.1. The monoisotopic (exact) mass is 1490 g/mol. The van der Waals surface area contributed by atoms with Crippen molar-refractivity contribution in [2.75, 3.05) is 30.0 Å². The lowest BCUT2D eigenvalue weighted by Crippen LogP contribution is -2.58. The first-order valence-electron chi connectivity index (χ1n) is 32.5. The van der Waals surface area contributed by atoms with E-state index < -0.39 is 145 Å². The number of guanidine groups is 1. The van der Waals surface area contributed by atoms with Gasteiger partial charge in [0.25, 0.3) is 17.4 Å². The summed E-state index contributed by atoms with van der Waals surface area (Å²) in [4.78, 5) is 190. The van der Waals surface area contributed by atoms with Gasteiger partial charge in [-0.15, -0.1) is 0 Å². The van der Waals surface area contributed by atoms with E-state index in [1.165, 1.54) is 30.5 Å². The average Bonchev–Trinajstić information content (AvgIpc) is 1.60. The Bertz CT molecular complexity index is 4540. The van der Waals surface area contributed by atoms with Crippen molar-refractivity contribution in [3.63, 3.8) is 0 Å². The van der Waals surface area contributed by atoms with Gasteiger partial charge in [0.05, 0.1) is 54.1 Å². The number of pyridine rings is 1. The van der Waals surface area contributed by atoms with Gasteiger partial charge >= 0.3 is 36.0 Å². The number of carboxylic acid groups (broad SMARTS) is 4. The Morgan fingerprint density at radius 2 is 1.48 bits per heavy atom. The number of nitrogens with zero attached hydrogens (tertiary/aromatic N) is 5. The van der Waals surface area contributed by atoms with Crippen LogP contribution in [-0.4, -0.2) is 187 Å². The highest BCUT2D eigenvalue weighted by atomic mass is 33.1. The number of benzene rings is 3. The molecule has 0 saturated heterocycles. The summed E-state index contributed by atoms with van der Waals surface area (Å²) in [5, 5.41) is 75.8. The molecule has 6 aromatic rings. The minimum atomic E-state index is -1.98. The van der Waals surface area contributed by atoms with Crippen molar-refractivity contribution in [3.8, 4) is 5.75 Å². The average molecular weight is 1490 g/mol. The second-order valence-electron chi connectivity index (χ2n) is 24.2. The van der Waals surface area contributed by atoms with Gasteiger partial charge in [-0.2, -0.15) is 4.98 Å². The fourth-order valence-corrected chi connectivity index (χ4v) is 13.9. The molecule has 0 spiro atoms. The van der Waals surface area contributed by atoms with Gasteiger partial charge in [-0.05, 0) is 115 Å². The molecule has 3 aromatic carbocycles. The van der Waals surface area contributed by atoms with E-state index in [1.807, 2.05) is 6.92 Å². The zero-order valence-corrected chi connectivity index (χ0v) is 57.6. The van der Waals surface area contributed by atoms with Gasteiger partial charge in [-0.25, -0.2) is 29.1 Å². The molecule has 18 N–H and O–H groups in total. The molecule has 3 aliphatic rings. The zero-order chi connectivity index (χ0) is 76.0. The normalized spacial score (nSPS) is 16.5. The predicted molar refractivity (Wildman–Crippen MR) is 371 cm³/mol. The highest BCUT2D eigenvalue weighted by Crippen LogP contribution is 2.49. The molecule has 3 aliphatic heterocycles. The number of hydrogen-bond acceptors (Lipinski definition) is 26. The number of H-pyrrole nitrogens is 1. The summed E-state index contributed by atoms with van der Waals surface area (Å²) in [6.07, 6.45) is -2.77. The minimum Gasteiger partial charge on any atom is -0.481 e. The number of carbonyl (C=O) groups excluding carboxylic acids is 8. The highest BCUT2D eigenvalue weighted by Gasteiger charge is 2.53. The van der Waals surface area contributed by atoms with Crippen LogP contribution in [0.15, 0.2) is 93.8 Å². The number of nitrogens with one attached hydrogen (secondary N) is 9. The number of anilines is 2. The minimum absolute atomic E-state index is 0.00318. The molecule has 0 radical (unpaired) electrons. The summed E-state index contributed by atoms with van der Waals surface area (Å²) in [6, 6.07) is 7.56. The van der Waals surface area contributed by atoms with Gasteiger partial charge in [0.15, 0.2) is 22.7 Å². The van der Waals surface area contributed by atoms with Crippen molar-refractivity contribution in [2.45, 2.75) is 138 Å². The first kappa shape index (κ1) is 77.2. The maximum absolute atomic E-state index is 14.0. The predicted octanol–water partition coefficient (Wildman–Crippen LogP) is 1.16. The Morgan fingerprint density at radius 1 is 0.810 bits per heavy atom. The number of amides is 6. The molecular weight excluding hydrogens is 1420 g/mol. The van der Waals surface area contributed by atoms with Crippen LogP contribution in [0.5, 0.6) is 5.75 Å². The van der Waals surface area contributed by atoms with Crippen LogP contribution in [0.25, 0.3) is 22.1 Å². The smallest absolute Gasteiger partial charge is 0.481 e. The highest BCUT2D eigenvalue weighted by molar-refractivity contribution is 8.76. The van der Waals surface area contributed by atoms with Crippen molar-refractivity contribution >= 4 is 133 Å². The van der Waals surface area contributed by atoms with E-state index in [1.54, 1.807) is 54.3 Å². The second-order valence-corrected chi connectivity index (χ2v) is 26.6. The van der Waals surface area contributed by atoms with Gasteiger partial charge in [-0.1, -0.05) is 47.6 Å². The molecule has 6 heterocycles. The van der Waals surface area contributed by atoms with Gasteiger partial charge in [0.2, 0.25) is 29.6 Å². The van der Waals surface area contributed by atoms with E-state index in [2.05, 4.69) is 57.2 Å². The van der Waals surface area contributed by atoms with Crippen LogP contribution in [0.3, 0.4) is 0 Å². The molecule has 554 valence electrons. The first-order chi connectivity index (χ1) is 50.0. The summed E-state index contributed by atoms with van der Waals surface area (Å²) in [5.74, 6) is -14.0.